The van der Waals surface area contributed by atoms with Crippen LogP contribution in [0.15, 0.2) is 36.7 Å². The van der Waals surface area contributed by atoms with Gasteiger partial charge < -0.3 is 10.1 Å². The molecule has 2 rings (SSSR count). The van der Waals surface area contributed by atoms with Gasteiger partial charge in [-0.25, -0.2) is 4.98 Å². The van der Waals surface area contributed by atoms with Gasteiger partial charge in [-0.05, 0) is 24.3 Å². The second-order valence-electron chi connectivity index (χ2n) is 3.64. The Bertz CT molecular complexity index is 580. The minimum atomic E-state index is 0.345. The highest BCUT2D eigenvalue weighted by atomic mass is 35.5. The molecule has 1 N–H and O–H groups in total. The minimum Gasteiger partial charge on any atom is -0.492 e. The van der Waals surface area contributed by atoms with Crippen molar-refractivity contribution in [1.29, 1.82) is 5.26 Å². The first kappa shape index (κ1) is 13.1. The number of anilines is 1. The fourth-order valence-electron chi connectivity index (χ4n) is 1.40. The molecule has 0 bridgehead atoms. The molecule has 1 aromatic heterocycles. The van der Waals surface area contributed by atoms with E-state index in [0.717, 1.165) is 5.75 Å². The average Bonchev–Trinajstić information content (AvgIpc) is 2.44. The second kappa shape index (κ2) is 6.57. The van der Waals surface area contributed by atoms with Crippen molar-refractivity contribution in [2.75, 3.05) is 18.5 Å². The van der Waals surface area contributed by atoms with Gasteiger partial charge in [0.1, 0.15) is 23.3 Å². The van der Waals surface area contributed by atoms with Crippen molar-refractivity contribution in [3.8, 4) is 11.8 Å². The molecule has 0 unspecified atom stereocenters. The molecule has 1 aromatic carbocycles. The molecular weight excluding hydrogens is 264 g/mol. The lowest BCUT2D eigenvalue weighted by Crippen LogP contribution is -2.12. The van der Waals surface area contributed by atoms with Crippen molar-refractivity contribution in [3.63, 3.8) is 0 Å². The largest absolute Gasteiger partial charge is 0.492 e. The number of nitriles is 1. The summed E-state index contributed by atoms with van der Waals surface area (Å²) in [5.41, 5.74) is 0.611. The van der Waals surface area contributed by atoms with Crippen LogP contribution < -0.4 is 10.1 Å². The SMILES string of the molecule is N#Cc1ccc(OCCNc2cncc(Cl)n2)cc1. The predicted molar refractivity (Wildman–Crippen MR) is 72.2 cm³/mol. The van der Waals surface area contributed by atoms with Gasteiger partial charge in [0.25, 0.3) is 0 Å². The van der Waals surface area contributed by atoms with Crippen LogP contribution in [0.25, 0.3) is 0 Å². The number of nitrogens with one attached hydrogen (secondary N) is 1. The highest BCUT2D eigenvalue weighted by Crippen LogP contribution is 2.11. The van der Waals surface area contributed by atoms with Crippen molar-refractivity contribution in [2.45, 2.75) is 0 Å². The summed E-state index contributed by atoms with van der Waals surface area (Å²) < 4.78 is 5.50. The van der Waals surface area contributed by atoms with E-state index >= 15 is 0 Å². The van der Waals surface area contributed by atoms with Gasteiger partial charge in [0.2, 0.25) is 0 Å². The zero-order chi connectivity index (χ0) is 13.5. The summed E-state index contributed by atoms with van der Waals surface area (Å²) in [5.74, 6) is 1.33. The molecule has 0 spiro atoms. The van der Waals surface area contributed by atoms with Gasteiger partial charge in [0.15, 0.2) is 0 Å². The first-order valence-corrected chi connectivity index (χ1v) is 6.00. The smallest absolute Gasteiger partial charge is 0.149 e. The highest BCUT2D eigenvalue weighted by Gasteiger charge is 1.97. The zero-order valence-corrected chi connectivity index (χ0v) is 10.8. The number of aromatic nitrogens is 2. The molecule has 0 fully saturated rings. The summed E-state index contributed by atoms with van der Waals surface area (Å²) in [6.45, 7) is 1.05. The van der Waals surface area contributed by atoms with Crippen molar-refractivity contribution in [2.24, 2.45) is 0 Å². The van der Waals surface area contributed by atoms with Gasteiger partial charge in [-0.2, -0.15) is 5.26 Å². The van der Waals surface area contributed by atoms with Gasteiger partial charge in [-0.15, -0.1) is 0 Å². The van der Waals surface area contributed by atoms with Crippen molar-refractivity contribution >= 4 is 17.4 Å². The molecule has 96 valence electrons. The van der Waals surface area contributed by atoms with E-state index in [9.17, 15) is 0 Å². The molecule has 2 aromatic rings. The lowest BCUT2D eigenvalue weighted by atomic mass is 10.2. The number of benzene rings is 1. The van der Waals surface area contributed by atoms with E-state index in [-0.39, 0.29) is 0 Å². The van der Waals surface area contributed by atoms with Crippen LogP contribution >= 0.6 is 11.6 Å². The average molecular weight is 275 g/mol. The second-order valence-corrected chi connectivity index (χ2v) is 4.03. The quantitative estimate of drug-likeness (QED) is 0.848. The maximum Gasteiger partial charge on any atom is 0.149 e. The third-order valence-electron chi connectivity index (χ3n) is 2.27. The van der Waals surface area contributed by atoms with Crippen LogP contribution in [-0.2, 0) is 0 Å². The van der Waals surface area contributed by atoms with Crippen LogP contribution in [-0.4, -0.2) is 23.1 Å². The van der Waals surface area contributed by atoms with Gasteiger partial charge in [0, 0.05) is 0 Å². The molecule has 0 aliphatic rings. The summed E-state index contributed by atoms with van der Waals surface area (Å²) in [4.78, 5) is 7.95. The van der Waals surface area contributed by atoms with Crippen LogP contribution in [0.5, 0.6) is 5.75 Å². The number of nitrogens with zero attached hydrogens (tertiary/aromatic N) is 3. The van der Waals surface area contributed by atoms with E-state index in [1.165, 1.54) is 6.20 Å². The van der Waals surface area contributed by atoms with Gasteiger partial charge in [-0.3, -0.25) is 4.98 Å². The minimum absolute atomic E-state index is 0.345. The van der Waals surface area contributed by atoms with E-state index < -0.39 is 0 Å². The maximum atomic E-state index is 8.67. The normalized spacial score (nSPS) is 9.68. The fourth-order valence-corrected chi connectivity index (χ4v) is 1.55. The lowest BCUT2D eigenvalue weighted by molar-refractivity contribution is 0.332. The van der Waals surface area contributed by atoms with Gasteiger partial charge in [0.05, 0.1) is 30.6 Å². The van der Waals surface area contributed by atoms with Gasteiger partial charge >= 0.3 is 0 Å². The molecule has 0 saturated heterocycles. The Hall–Kier alpha value is -2.32. The third-order valence-corrected chi connectivity index (χ3v) is 2.45. The third kappa shape index (κ3) is 4.12. The van der Waals surface area contributed by atoms with E-state index in [2.05, 4.69) is 21.4 Å². The number of hydrogen-bond donors (Lipinski definition) is 1. The molecule has 0 radical (unpaired) electrons. The highest BCUT2D eigenvalue weighted by molar-refractivity contribution is 6.29. The topological polar surface area (TPSA) is 70.8 Å². The van der Waals surface area contributed by atoms with E-state index in [1.54, 1.807) is 30.5 Å². The molecule has 6 heteroatoms. The van der Waals surface area contributed by atoms with E-state index in [0.29, 0.717) is 29.7 Å². The summed E-state index contributed by atoms with van der Waals surface area (Å²) in [6, 6.07) is 9.00. The first-order chi connectivity index (χ1) is 9.28. The van der Waals surface area contributed by atoms with Crippen LogP contribution in [0.4, 0.5) is 5.82 Å². The molecular formula is C13H11ClN4O. The summed E-state index contributed by atoms with van der Waals surface area (Å²) in [7, 11) is 0. The maximum absolute atomic E-state index is 8.67. The Balaban J connectivity index is 1.76. The first-order valence-electron chi connectivity index (χ1n) is 5.62. The predicted octanol–water partition coefficient (Wildman–Crippen LogP) is 2.49. The van der Waals surface area contributed by atoms with Crippen LogP contribution in [0.1, 0.15) is 5.56 Å². The molecule has 0 amide bonds. The van der Waals surface area contributed by atoms with E-state index in [4.69, 9.17) is 21.6 Å². The van der Waals surface area contributed by atoms with Gasteiger partial charge in [-0.1, -0.05) is 11.6 Å². The molecule has 0 atom stereocenters. The van der Waals surface area contributed by atoms with Crippen molar-refractivity contribution < 1.29 is 4.74 Å². The molecule has 0 aliphatic carbocycles. The monoisotopic (exact) mass is 274 g/mol. The molecule has 19 heavy (non-hydrogen) atoms. The number of rotatable bonds is 5. The standard InChI is InChI=1S/C13H11ClN4O/c14-12-8-16-9-13(18-12)17-5-6-19-11-3-1-10(7-15)2-4-11/h1-4,8-9H,5-6H2,(H,17,18). The van der Waals surface area contributed by atoms with Crippen LogP contribution in [0, 0.1) is 11.3 Å². The summed E-state index contributed by atoms with van der Waals surface area (Å²) >= 11 is 5.71. The molecule has 1 heterocycles. The Morgan fingerprint density at radius 2 is 2.05 bits per heavy atom. The molecule has 5 nitrogen and oxygen atoms in total. The summed E-state index contributed by atoms with van der Waals surface area (Å²) in [5, 5.41) is 12.1. The van der Waals surface area contributed by atoms with Crippen molar-refractivity contribution in [1.82, 2.24) is 9.97 Å². The number of hydrogen-bond acceptors (Lipinski definition) is 5. The number of halogens is 1. The van der Waals surface area contributed by atoms with Crippen molar-refractivity contribution in [3.05, 3.63) is 47.4 Å². The lowest BCUT2D eigenvalue weighted by Gasteiger charge is -2.07. The summed E-state index contributed by atoms with van der Waals surface area (Å²) in [6.07, 6.45) is 3.06. The van der Waals surface area contributed by atoms with Crippen LogP contribution in [0.3, 0.4) is 0 Å². The Kier molecular flexibility index (Phi) is 4.54. The Morgan fingerprint density at radius 1 is 1.26 bits per heavy atom. The fraction of sp³-hybridized carbons (Fsp3) is 0.154. The Morgan fingerprint density at radius 3 is 2.74 bits per heavy atom. The molecule has 0 saturated carbocycles. The van der Waals surface area contributed by atoms with E-state index in [1.807, 2.05) is 0 Å². The zero-order valence-electron chi connectivity index (χ0n) is 10.0. The Labute approximate surface area is 115 Å². The van der Waals surface area contributed by atoms with Crippen LogP contribution in [0.2, 0.25) is 5.15 Å². The molecule has 0 aliphatic heterocycles. The number of ether oxygens (including phenoxy) is 1.